The van der Waals surface area contributed by atoms with Crippen molar-refractivity contribution < 1.29 is 14.7 Å². The summed E-state index contributed by atoms with van der Waals surface area (Å²) in [5.41, 5.74) is 0.883. The van der Waals surface area contributed by atoms with E-state index in [1.807, 2.05) is 6.92 Å². The molecule has 2 heterocycles. The summed E-state index contributed by atoms with van der Waals surface area (Å²) in [4.78, 5) is 23.8. The number of aliphatic carboxylic acids is 1. The molecule has 17 heavy (non-hydrogen) atoms. The van der Waals surface area contributed by atoms with Crippen LogP contribution in [0.2, 0.25) is 0 Å². The first-order valence-corrected chi connectivity index (χ1v) is 5.35. The third-order valence-corrected chi connectivity index (χ3v) is 2.88. The molecule has 1 saturated heterocycles. The van der Waals surface area contributed by atoms with Crippen LogP contribution in [0.1, 0.15) is 18.5 Å². The number of carbonyl (C=O) groups excluding carboxylic acids is 1. The highest BCUT2D eigenvalue weighted by Crippen LogP contribution is 2.17. The quantitative estimate of drug-likeness (QED) is 0.700. The Bertz CT molecular complexity index is 411. The van der Waals surface area contributed by atoms with Crippen molar-refractivity contribution in [3.05, 3.63) is 18.0 Å². The number of rotatable bonds is 3. The van der Waals surface area contributed by atoms with Gasteiger partial charge in [-0.3, -0.25) is 9.89 Å². The molecule has 2 rings (SSSR count). The van der Waals surface area contributed by atoms with E-state index in [0.29, 0.717) is 0 Å². The molecule has 1 unspecified atom stereocenters. The van der Waals surface area contributed by atoms with Gasteiger partial charge in [-0.2, -0.15) is 5.10 Å². The van der Waals surface area contributed by atoms with Gasteiger partial charge in [-0.1, -0.05) is 0 Å². The zero-order chi connectivity index (χ0) is 12.4. The Morgan fingerprint density at radius 2 is 2.35 bits per heavy atom. The van der Waals surface area contributed by atoms with E-state index in [1.54, 1.807) is 12.4 Å². The van der Waals surface area contributed by atoms with Gasteiger partial charge in [0.25, 0.3) is 0 Å². The number of aromatic nitrogens is 2. The largest absolute Gasteiger partial charge is 0.481 e. The first kappa shape index (κ1) is 11.4. The molecule has 1 fully saturated rings. The summed E-state index contributed by atoms with van der Waals surface area (Å²) < 4.78 is 0. The van der Waals surface area contributed by atoms with Gasteiger partial charge in [-0.15, -0.1) is 0 Å². The predicted molar refractivity (Wildman–Crippen MR) is 58.2 cm³/mol. The zero-order valence-electron chi connectivity index (χ0n) is 9.38. The van der Waals surface area contributed by atoms with E-state index >= 15 is 0 Å². The molecule has 1 aromatic rings. The number of nitrogens with one attached hydrogen (secondary N) is 2. The van der Waals surface area contributed by atoms with E-state index in [0.717, 1.165) is 5.56 Å². The first-order valence-electron chi connectivity index (χ1n) is 5.35. The van der Waals surface area contributed by atoms with Gasteiger partial charge in [0.1, 0.15) is 0 Å². The van der Waals surface area contributed by atoms with Crippen molar-refractivity contribution in [2.45, 2.75) is 13.0 Å². The molecule has 0 radical (unpaired) electrons. The van der Waals surface area contributed by atoms with Crippen LogP contribution in [0.15, 0.2) is 12.4 Å². The van der Waals surface area contributed by atoms with Crippen molar-refractivity contribution in [2.24, 2.45) is 5.92 Å². The standard InChI is InChI=1S/C10H14N4O3/c1-6(7-2-11-12-3-7)13-10(17)14-4-8(5-14)9(15)16/h2-3,6,8H,4-5H2,1H3,(H,11,12)(H,13,17)(H,15,16). The molecule has 92 valence electrons. The zero-order valence-corrected chi connectivity index (χ0v) is 9.38. The third kappa shape index (κ3) is 2.38. The molecule has 3 N–H and O–H groups in total. The number of likely N-dealkylation sites (tertiary alicyclic amines) is 1. The minimum atomic E-state index is -0.850. The summed E-state index contributed by atoms with van der Waals surface area (Å²) in [6, 6.07) is -0.388. The molecule has 0 saturated carbocycles. The van der Waals surface area contributed by atoms with Gasteiger partial charge in [0.15, 0.2) is 0 Å². The highest BCUT2D eigenvalue weighted by atomic mass is 16.4. The average Bonchev–Trinajstić information content (AvgIpc) is 2.66. The summed E-state index contributed by atoms with van der Waals surface area (Å²) in [5, 5.41) is 17.9. The lowest BCUT2D eigenvalue weighted by Gasteiger charge is -2.37. The fraction of sp³-hybridized carbons (Fsp3) is 0.500. The number of H-pyrrole nitrogens is 1. The molecule has 7 nitrogen and oxygen atoms in total. The molecule has 2 amide bonds. The lowest BCUT2D eigenvalue weighted by atomic mass is 10.0. The Morgan fingerprint density at radius 3 is 2.88 bits per heavy atom. The van der Waals surface area contributed by atoms with E-state index in [9.17, 15) is 9.59 Å². The second kappa shape index (κ2) is 4.44. The number of carboxylic acid groups (broad SMARTS) is 1. The topological polar surface area (TPSA) is 98.3 Å². The smallest absolute Gasteiger partial charge is 0.317 e. The number of amides is 2. The lowest BCUT2D eigenvalue weighted by molar-refractivity contribution is -0.146. The Labute approximate surface area is 97.8 Å². The number of aromatic amines is 1. The Kier molecular flexibility index (Phi) is 2.99. The monoisotopic (exact) mass is 238 g/mol. The van der Waals surface area contributed by atoms with Gasteiger partial charge < -0.3 is 15.3 Å². The summed E-state index contributed by atoms with van der Waals surface area (Å²) >= 11 is 0. The number of nitrogens with zero attached hydrogens (tertiary/aromatic N) is 2. The molecule has 0 spiro atoms. The molecule has 7 heteroatoms. The highest BCUT2D eigenvalue weighted by Gasteiger charge is 2.35. The van der Waals surface area contributed by atoms with Crippen LogP contribution in [0.25, 0.3) is 0 Å². The van der Waals surface area contributed by atoms with Gasteiger partial charge in [0, 0.05) is 24.8 Å². The van der Waals surface area contributed by atoms with Crippen LogP contribution in [0.4, 0.5) is 4.79 Å². The molecule has 0 aromatic carbocycles. The van der Waals surface area contributed by atoms with Crippen LogP contribution in [0.5, 0.6) is 0 Å². The van der Waals surface area contributed by atoms with Gasteiger partial charge in [-0.05, 0) is 6.92 Å². The van der Waals surface area contributed by atoms with Gasteiger partial charge in [0.2, 0.25) is 0 Å². The van der Waals surface area contributed by atoms with Crippen LogP contribution in [0, 0.1) is 5.92 Å². The van der Waals surface area contributed by atoms with E-state index in [4.69, 9.17) is 5.11 Å². The van der Waals surface area contributed by atoms with Crippen molar-refractivity contribution in [2.75, 3.05) is 13.1 Å². The van der Waals surface area contributed by atoms with Gasteiger partial charge in [0.05, 0.1) is 18.2 Å². The molecule has 1 atom stereocenters. The number of hydrogen-bond acceptors (Lipinski definition) is 3. The fourth-order valence-electron chi connectivity index (χ4n) is 1.66. The van der Waals surface area contributed by atoms with Crippen molar-refractivity contribution in [1.82, 2.24) is 20.4 Å². The summed E-state index contributed by atoms with van der Waals surface area (Å²) in [7, 11) is 0. The second-order valence-electron chi connectivity index (χ2n) is 4.14. The SMILES string of the molecule is CC(NC(=O)N1CC(C(=O)O)C1)c1cn[nH]c1. The Morgan fingerprint density at radius 1 is 1.65 bits per heavy atom. The van der Waals surface area contributed by atoms with Crippen LogP contribution < -0.4 is 5.32 Å². The van der Waals surface area contributed by atoms with Crippen molar-refractivity contribution in [1.29, 1.82) is 0 Å². The van der Waals surface area contributed by atoms with E-state index < -0.39 is 11.9 Å². The molecular weight excluding hydrogens is 224 g/mol. The normalized spacial score (nSPS) is 17.4. The van der Waals surface area contributed by atoms with Crippen molar-refractivity contribution in [3.8, 4) is 0 Å². The molecule has 1 aromatic heterocycles. The Balaban J connectivity index is 1.81. The van der Waals surface area contributed by atoms with Crippen LogP contribution in [-0.4, -0.2) is 45.3 Å². The minimum absolute atomic E-state index is 0.148. The van der Waals surface area contributed by atoms with E-state index in [1.165, 1.54) is 4.90 Å². The first-order chi connectivity index (χ1) is 8.08. The highest BCUT2D eigenvalue weighted by molar-refractivity contribution is 5.80. The van der Waals surface area contributed by atoms with E-state index in [-0.39, 0.29) is 25.2 Å². The van der Waals surface area contributed by atoms with Crippen LogP contribution >= 0.6 is 0 Å². The van der Waals surface area contributed by atoms with Crippen molar-refractivity contribution >= 4 is 12.0 Å². The average molecular weight is 238 g/mol. The van der Waals surface area contributed by atoms with Gasteiger partial charge >= 0.3 is 12.0 Å². The maximum Gasteiger partial charge on any atom is 0.317 e. The maximum atomic E-state index is 11.7. The molecule has 1 aliphatic rings. The van der Waals surface area contributed by atoms with Crippen LogP contribution in [-0.2, 0) is 4.79 Å². The number of hydrogen-bond donors (Lipinski definition) is 3. The third-order valence-electron chi connectivity index (χ3n) is 2.88. The molecule has 0 bridgehead atoms. The summed E-state index contributed by atoms with van der Waals surface area (Å²) in [6.07, 6.45) is 3.35. The number of carbonyl (C=O) groups is 2. The summed E-state index contributed by atoms with van der Waals surface area (Å²) in [6.45, 7) is 2.40. The van der Waals surface area contributed by atoms with E-state index in [2.05, 4.69) is 15.5 Å². The summed E-state index contributed by atoms with van der Waals surface area (Å²) in [5.74, 6) is -1.28. The molecule has 0 aliphatic carbocycles. The Hall–Kier alpha value is -2.05. The minimum Gasteiger partial charge on any atom is -0.481 e. The lowest BCUT2D eigenvalue weighted by Crippen LogP contribution is -2.56. The number of urea groups is 1. The predicted octanol–water partition coefficient (Wildman–Crippen LogP) is 0.197. The maximum absolute atomic E-state index is 11.7. The van der Waals surface area contributed by atoms with Crippen molar-refractivity contribution in [3.63, 3.8) is 0 Å². The van der Waals surface area contributed by atoms with Gasteiger partial charge in [-0.25, -0.2) is 4.79 Å². The number of carboxylic acids is 1. The fourth-order valence-corrected chi connectivity index (χ4v) is 1.66. The molecular formula is C10H14N4O3. The van der Waals surface area contributed by atoms with Crippen LogP contribution in [0.3, 0.4) is 0 Å². The second-order valence-corrected chi connectivity index (χ2v) is 4.14. The molecule has 1 aliphatic heterocycles.